The normalized spacial score (nSPS) is 23.4. The molecule has 2 aromatic rings. The molecule has 8 heteroatoms. The highest BCUT2D eigenvalue weighted by molar-refractivity contribution is 7.91. The summed E-state index contributed by atoms with van der Waals surface area (Å²) in [5.41, 5.74) is 2.18. The lowest BCUT2D eigenvalue weighted by Gasteiger charge is -2.37. The van der Waals surface area contributed by atoms with Gasteiger partial charge < -0.3 is 9.52 Å². The molecule has 0 aliphatic carbocycles. The predicted molar refractivity (Wildman–Crippen MR) is 108 cm³/mol. The predicted octanol–water partition coefficient (Wildman–Crippen LogP) is 1.42. The van der Waals surface area contributed by atoms with Gasteiger partial charge in [0.15, 0.2) is 9.84 Å². The van der Waals surface area contributed by atoms with Crippen molar-refractivity contribution in [3.63, 3.8) is 0 Å². The Morgan fingerprint density at radius 2 is 1.86 bits per heavy atom. The third-order valence-corrected chi connectivity index (χ3v) is 7.97. The van der Waals surface area contributed by atoms with Crippen LogP contribution >= 0.6 is 0 Å². The van der Waals surface area contributed by atoms with Gasteiger partial charge in [-0.25, -0.2) is 13.2 Å². The van der Waals surface area contributed by atoms with Crippen LogP contribution in [-0.4, -0.2) is 67.1 Å². The Morgan fingerprint density at radius 1 is 1.14 bits per heavy atom. The SMILES string of the molecule is Cc1c(C)c2ccc(O)c(CN3CCN(C4CCS(=O)(=O)C4)CC3)c2oc1=O. The lowest BCUT2D eigenvalue weighted by Crippen LogP contribution is -2.50. The van der Waals surface area contributed by atoms with Crippen LogP contribution in [0.15, 0.2) is 21.3 Å². The molecule has 2 aliphatic rings. The van der Waals surface area contributed by atoms with Crippen LogP contribution in [0.3, 0.4) is 0 Å². The minimum Gasteiger partial charge on any atom is -0.507 e. The molecule has 0 spiro atoms. The van der Waals surface area contributed by atoms with E-state index in [1.807, 2.05) is 6.92 Å². The maximum atomic E-state index is 12.1. The molecule has 0 bridgehead atoms. The van der Waals surface area contributed by atoms with E-state index >= 15 is 0 Å². The number of rotatable bonds is 3. The van der Waals surface area contributed by atoms with Crippen molar-refractivity contribution in [2.45, 2.75) is 32.9 Å². The molecule has 2 fully saturated rings. The van der Waals surface area contributed by atoms with Crippen molar-refractivity contribution in [1.29, 1.82) is 0 Å². The van der Waals surface area contributed by atoms with E-state index in [0.717, 1.165) is 43.5 Å². The molecule has 28 heavy (non-hydrogen) atoms. The van der Waals surface area contributed by atoms with Gasteiger partial charge in [0.2, 0.25) is 0 Å². The van der Waals surface area contributed by atoms with Gasteiger partial charge in [-0.1, -0.05) is 0 Å². The first-order chi connectivity index (χ1) is 13.2. The van der Waals surface area contributed by atoms with Crippen molar-refractivity contribution in [2.24, 2.45) is 0 Å². The highest BCUT2D eigenvalue weighted by Crippen LogP contribution is 2.30. The largest absolute Gasteiger partial charge is 0.507 e. The van der Waals surface area contributed by atoms with Crippen molar-refractivity contribution in [2.75, 3.05) is 37.7 Å². The quantitative estimate of drug-likeness (QED) is 0.771. The van der Waals surface area contributed by atoms with E-state index in [-0.39, 0.29) is 23.2 Å². The van der Waals surface area contributed by atoms with Gasteiger partial charge in [0.1, 0.15) is 11.3 Å². The first-order valence-electron chi connectivity index (χ1n) is 9.67. The van der Waals surface area contributed by atoms with Gasteiger partial charge in [0.25, 0.3) is 0 Å². The number of aromatic hydroxyl groups is 1. The molecule has 0 amide bonds. The number of phenols is 1. The standard InChI is InChI=1S/C20H26N2O5S/c1-13-14(2)20(24)27-19-16(13)3-4-18(23)17(19)11-21-6-8-22(9-7-21)15-5-10-28(25,26)12-15/h3-4,15,23H,5-12H2,1-2H3. The van der Waals surface area contributed by atoms with Crippen molar-refractivity contribution in [3.05, 3.63) is 39.2 Å². The zero-order valence-corrected chi connectivity index (χ0v) is 17.1. The highest BCUT2D eigenvalue weighted by atomic mass is 32.2. The molecule has 152 valence electrons. The Balaban J connectivity index is 1.52. The summed E-state index contributed by atoms with van der Waals surface area (Å²) in [5.74, 6) is 0.684. The van der Waals surface area contributed by atoms with Crippen LogP contribution in [0.4, 0.5) is 0 Å². The fourth-order valence-electron chi connectivity index (χ4n) is 4.28. The average Bonchev–Trinajstić information content (AvgIpc) is 3.03. The zero-order chi connectivity index (χ0) is 20.1. The van der Waals surface area contributed by atoms with E-state index in [0.29, 0.717) is 29.0 Å². The van der Waals surface area contributed by atoms with Crippen LogP contribution in [0.2, 0.25) is 0 Å². The number of aryl methyl sites for hydroxylation is 1. The van der Waals surface area contributed by atoms with Crippen LogP contribution < -0.4 is 5.63 Å². The van der Waals surface area contributed by atoms with Crippen molar-refractivity contribution in [3.8, 4) is 5.75 Å². The smallest absolute Gasteiger partial charge is 0.339 e. The molecule has 1 unspecified atom stereocenters. The number of fused-ring (bicyclic) bond motifs is 1. The zero-order valence-electron chi connectivity index (χ0n) is 16.3. The summed E-state index contributed by atoms with van der Waals surface area (Å²) in [5, 5.41) is 11.3. The molecule has 1 aromatic carbocycles. The number of hydrogen-bond donors (Lipinski definition) is 1. The number of phenolic OH excluding ortho intramolecular Hbond substituents is 1. The van der Waals surface area contributed by atoms with Gasteiger partial charge in [-0.3, -0.25) is 9.80 Å². The maximum Gasteiger partial charge on any atom is 0.339 e. The lowest BCUT2D eigenvalue weighted by atomic mass is 10.0. The number of sulfone groups is 1. The van der Waals surface area contributed by atoms with Gasteiger partial charge in [0.05, 0.1) is 17.1 Å². The molecule has 1 aromatic heterocycles. The summed E-state index contributed by atoms with van der Waals surface area (Å²) < 4.78 is 29.0. The fraction of sp³-hybridized carbons (Fsp3) is 0.550. The second-order valence-electron chi connectivity index (χ2n) is 7.95. The third-order valence-electron chi connectivity index (χ3n) is 6.22. The van der Waals surface area contributed by atoms with E-state index in [4.69, 9.17) is 4.42 Å². The van der Waals surface area contributed by atoms with Gasteiger partial charge in [-0.2, -0.15) is 0 Å². The summed E-state index contributed by atoms with van der Waals surface area (Å²) in [4.78, 5) is 16.6. The minimum atomic E-state index is -2.88. The molecule has 2 saturated heterocycles. The minimum absolute atomic E-state index is 0.127. The first-order valence-corrected chi connectivity index (χ1v) is 11.5. The third kappa shape index (κ3) is 3.56. The van der Waals surface area contributed by atoms with Crippen LogP contribution in [0.5, 0.6) is 5.75 Å². The lowest BCUT2D eigenvalue weighted by molar-refractivity contribution is 0.0996. The summed E-state index contributed by atoms with van der Waals surface area (Å²) in [7, 11) is -2.88. The molecule has 1 atom stereocenters. The fourth-order valence-corrected chi connectivity index (χ4v) is 6.04. The molecule has 1 N–H and O–H groups in total. The van der Waals surface area contributed by atoms with Crippen LogP contribution in [0, 0.1) is 13.8 Å². The Kier molecular flexibility index (Phi) is 4.97. The van der Waals surface area contributed by atoms with Crippen molar-refractivity contribution in [1.82, 2.24) is 9.80 Å². The topological polar surface area (TPSA) is 91.1 Å². The molecule has 7 nitrogen and oxygen atoms in total. The summed E-state index contributed by atoms with van der Waals surface area (Å²) in [6, 6.07) is 3.57. The summed E-state index contributed by atoms with van der Waals surface area (Å²) in [6.07, 6.45) is 0.718. The van der Waals surface area contributed by atoms with Gasteiger partial charge >= 0.3 is 5.63 Å². The Hall–Kier alpha value is -1.90. The van der Waals surface area contributed by atoms with Gasteiger partial charge in [-0.15, -0.1) is 0 Å². The van der Waals surface area contributed by atoms with Crippen LogP contribution in [0.25, 0.3) is 11.0 Å². The monoisotopic (exact) mass is 406 g/mol. The molecular weight excluding hydrogens is 380 g/mol. The maximum absolute atomic E-state index is 12.1. The van der Waals surface area contributed by atoms with E-state index in [1.165, 1.54) is 0 Å². The van der Waals surface area contributed by atoms with Crippen molar-refractivity contribution < 1.29 is 17.9 Å². The number of hydrogen-bond acceptors (Lipinski definition) is 7. The molecule has 0 radical (unpaired) electrons. The number of nitrogens with zero attached hydrogens (tertiary/aromatic N) is 2. The highest BCUT2D eigenvalue weighted by Gasteiger charge is 2.33. The number of piperazine rings is 1. The van der Waals surface area contributed by atoms with Gasteiger partial charge in [-0.05, 0) is 38.0 Å². The van der Waals surface area contributed by atoms with Crippen molar-refractivity contribution >= 4 is 20.8 Å². The van der Waals surface area contributed by atoms with E-state index in [9.17, 15) is 18.3 Å². The molecule has 2 aliphatic heterocycles. The molecular formula is C20H26N2O5S. The molecule has 3 heterocycles. The van der Waals surface area contributed by atoms with E-state index < -0.39 is 9.84 Å². The van der Waals surface area contributed by atoms with E-state index in [2.05, 4.69) is 9.80 Å². The van der Waals surface area contributed by atoms with Crippen LogP contribution in [0.1, 0.15) is 23.1 Å². The average molecular weight is 407 g/mol. The van der Waals surface area contributed by atoms with Gasteiger partial charge in [0, 0.05) is 49.7 Å². The molecule has 0 saturated carbocycles. The summed E-state index contributed by atoms with van der Waals surface area (Å²) in [6.45, 7) is 7.29. The first kappa shape index (κ1) is 19.4. The summed E-state index contributed by atoms with van der Waals surface area (Å²) >= 11 is 0. The second-order valence-corrected chi connectivity index (χ2v) is 10.2. The van der Waals surface area contributed by atoms with Crippen LogP contribution in [-0.2, 0) is 16.4 Å². The number of benzene rings is 1. The Morgan fingerprint density at radius 3 is 2.50 bits per heavy atom. The molecule has 4 rings (SSSR count). The Labute approximate surface area is 164 Å². The van der Waals surface area contributed by atoms with E-state index in [1.54, 1.807) is 19.1 Å². The Bertz CT molecular complexity index is 1070. The second kappa shape index (κ2) is 7.17.